The molecule has 3 nitrogen and oxygen atoms in total. The van der Waals surface area contributed by atoms with Gasteiger partial charge in [0.1, 0.15) is 11.6 Å². The minimum Gasteiger partial charge on any atom is -0.342 e. The van der Waals surface area contributed by atoms with Crippen LogP contribution in [0.1, 0.15) is 42.9 Å². The molecule has 28 heavy (non-hydrogen) atoms. The van der Waals surface area contributed by atoms with Crippen LogP contribution in [0.15, 0.2) is 60.2 Å². The van der Waals surface area contributed by atoms with Gasteiger partial charge in [0.2, 0.25) is 5.91 Å². The highest BCUT2D eigenvalue weighted by atomic mass is 19.1. The molecule has 0 aromatic heterocycles. The predicted octanol–water partition coefficient (Wildman–Crippen LogP) is 4.35. The number of amides is 1. The SMILES string of the molecule is CN1[C@@H]2CC[C@H]1CC(=CC(=O)NC(c1ccc(F)cc1)c1ccc(F)cc1)C2. The Bertz CT molecular complexity index is 815. The summed E-state index contributed by atoms with van der Waals surface area (Å²) in [5.41, 5.74) is 2.69. The number of benzene rings is 2. The first-order valence-electron chi connectivity index (χ1n) is 9.72. The van der Waals surface area contributed by atoms with E-state index in [-0.39, 0.29) is 17.5 Å². The van der Waals surface area contributed by atoms with E-state index in [2.05, 4.69) is 17.3 Å². The van der Waals surface area contributed by atoms with Gasteiger partial charge < -0.3 is 5.32 Å². The van der Waals surface area contributed by atoms with Crippen molar-refractivity contribution in [3.05, 3.63) is 82.9 Å². The van der Waals surface area contributed by atoms with Crippen LogP contribution in [-0.2, 0) is 4.79 Å². The van der Waals surface area contributed by atoms with Crippen molar-refractivity contribution in [1.29, 1.82) is 0 Å². The maximum absolute atomic E-state index is 13.3. The molecule has 0 aliphatic carbocycles. The van der Waals surface area contributed by atoms with Gasteiger partial charge in [-0.05, 0) is 68.1 Å². The van der Waals surface area contributed by atoms with Gasteiger partial charge in [0.25, 0.3) is 0 Å². The molecule has 4 rings (SSSR count). The maximum Gasteiger partial charge on any atom is 0.244 e. The average molecular weight is 382 g/mol. The lowest BCUT2D eigenvalue weighted by Gasteiger charge is -2.32. The lowest BCUT2D eigenvalue weighted by molar-refractivity contribution is -0.117. The predicted molar refractivity (Wildman–Crippen MR) is 105 cm³/mol. The van der Waals surface area contributed by atoms with Gasteiger partial charge in [0.05, 0.1) is 6.04 Å². The van der Waals surface area contributed by atoms with Crippen molar-refractivity contribution in [3.8, 4) is 0 Å². The minimum atomic E-state index is -0.464. The Hall–Kier alpha value is -2.53. The van der Waals surface area contributed by atoms with Crippen molar-refractivity contribution in [2.24, 2.45) is 0 Å². The largest absolute Gasteiger partial charge is 0.342 e. The zero-order chi connectivity index (χ0) is 19.7. The number of rotatable bonds is 4. The summed E-state index contributed by atoms with van der Waals surface area (Å²) in [6.45, 7) is 0. The van der Waals surface area contributed by atoms with Crippen molar-refractivity contribution in [2.45, 2.75) is 43.8 Å². The monoisotopic (exact) mass is 382 g/mol. The zero-order valence-electron chi connectivity index (χ0n) is 15.9. The highest BCUT2D eigenvalue weighted by Crippen LogP contribution is 2.37. The van der Waals surface area contributed by atoms with Crippen LogP contribution in [0.2, 0.25) is 0 Å². The summed E-state index contributed by atoms with van der Waals surface area (Å²) in [4.78, 5) is 15.2. The highest BCUT2D eigenvalue weighted by Gasteiger charge is 2.36. The third-order valence-electron chi connectivity index (χ3n) is 6.01. The van der Waals surface area contributed by atoms with Gasteiger partial charge in [-0.2, -0.15) is 0 Å². The van der Waals surface area contributed by atoms with E-state index in [1.54, 1.807) is 30.3 Å². The number of nitrogens with one attached hydrogen (secondary N) is 1. The number of nitrogens with zero attached hydrogens (tertiary/aromatic N) is 1. The molecule has 2 fully saturated rings. The second-order valence-electron chi connectivity index (χ2n) is 7.81. The first-order chi connectivity index (χ1) is 13.5. The van der Waals surface area contributed by atoms with Crippen LogP contribution in [0.4, 0.5) is 8.78 Å². The van der Waals surface area contributed by atoms with Gasteiger partial charge in [-0.25, -0.2) is 8.78 Å². The van der Waals surface area contributed by atoms with E-state index in [1.807, 2.05) is 0 Å². The van der Waals surface area contributed by atoms with E-state index in [9.17, 15) is 13.6 Å². The van der Waals surface area contributed by atoms with Crippen LogP contribution in [0.3, 0.4) is 0 Å². The van der Waals surface area contributed by atoms with E-state index in [1.165, 1.54) is 42.7 Å². The summed E-state index contributed by atoms with van der Waals surface area (Å²) in [5, 5.41) is 3.02. The summed E-state index contributed by atoms with van der Waals surface area (Å²) in [6, 6.07) is 12.6. The summed E-state index contributed by atoms with van der Waals surface area (Å²) >= 11 is 0. The Morgan fingerprint density at radius 2 is 1.43 bits per heavy atom. The second-order valence-corrected chi connectivity index (χ2v) is 7.81. The third kappa shape index (κ3) is 3.99. The fourth-order valence-corrected chi connectivity index (χ4v) is 4.43. The van der Waals surface area contributed by atoms with Gasteiger partial charge in [0, 0.05) is 18.2 Å². The quantitative estimate of drug-likeness (QED) is 0.798. The van der Waals surface area contributed by atoms with Crippen LogP contribution in [0, 0.1) is 11.6 Å². The highest BCUT2D eigenvalue weighted by molar-refractivity contribution is 5.89. The number of carbonyl (C=O) groups excluding carboxylic acids is 1. The Balaban J connectivity index is 1.55. The van der Waals surface area contributed by atoms with Crippen LogP contribution in [-0.4, -0.2) is 29.9 Å². The Kier molecular flexibility index (Phi) is 5.27. The fraction of sp³-hybridized carbons (Fsp3) is 0.348. The van der Waals surface area contributed by atoms with Gasteiger partial charge >= 0.3 is 0 Å². The van der Waals surface area contributed by atoms with Gasteiger partial charge in [-0.3, -0.25) is 9.69 Å². The Morgan fingerprint density at radius 1 is 0.964 bits per heavy atom. The van der Waals surface area contributed by atoms with Gasteiger partial charge in [-0.15, -0.1) is 0 Å². The molecule has 2 aliphatic rings. The molecule has 146 valence electrons. The van der Waals surface area contributed by atoms with E-state index >= 15 is 0 Å². The molecule has 2 atom stereocenters. The van der Waals surface area contributed by atoms with Crippen molar-refractivity contribution in [1.82, 2.24) is 10.2 Å². The van der Waals surface area contributed by atoms with Crippen LogP contribution in [0.25, 0.3) is 0 Å². The molecule has 2 aromatic carbocycles. The molecule has 1 N–H and O–H groups in total. The summed E-state index contributed by atoms with van der Waals surface area (Å²) in [5.74, 6) is -0.841. The second kappa shape index (κ2) is 7.84. The minimum absolute atomic E-state index is 0.169. The lowest BCUT2D eigenvalue weighted by atomic mass is 9.96. The smallest absolute Gasteiger partial charge is 0.244 e. The molecule has 2 aromatic rings. The molecular formula is C23H24F2N2O. The normalized spacial score (nSPS) is 23.4. The van der Waals surface area contributed by atoms with Crippen molar-refractivity contribution >= 4 is 5.91 Å². The van der Waals surface area contributed by atoms with E-state index < -0.39 is 6.04 Å². The van der Waals surface area contributed by atoms with Gasteiger partial charge in [0.15, 0.2) is 0 Å². The van der Waals surface area contributed by atoms with Gasteiger partial charge in [-0.1, -0.05) is 29.8 Å². The number of carbonyl (C=O) groups is 1. The summed E-state index contributed by atoms with van der Waals surface area (Å²) in [6.07, 6.45) is 5.95. The molecule has 2 aliphatic heterocycles. The lowest BCUT2D eigenvalue weighted by Crippen LogP contribution is -2.37. The molecule has 0 spiro atoms. The third-order valence-corrected chi connectivity index (χ3v) is 6.01. The molecule has 0 unspecified atom stereocenters. The zero-order valence-corrected chi connectivity index (χ0v) is 15.9. The Labute approximate surface area is 164 Å². The molecule has 2 bridgehead atoms. The van der Waals surface area contributed by atoms with Crippen molar-refractivity contribution in [3.63, 3.8) is 0 Å². The standard InChI is InChI=1S/C23H24F2N2O/c1-27-20-10-11-21(27)13-15(12-20)14-22(28)26-23(16-2-6-18(24)7-3-16)17-4-8-19(25)9-5-17/h2-9,14,20-21,23H,10-13H2,1H3,(H,26,28)/t20-,21+. The molecule has 2 saturated heterocycles. The van der Waals surface area contributed by atoms with E-state index in [0.717, 1.165) is 24.0 Å². The van der Waals surface area contributed by atoms with Crippen molar-refractivity contribution in [2.75, 3.05) is 7.05 Å². The molecule has 0 saturated carbocycles. The van der Waals surface area contributed by atoms with Crippen LogP contribution >= 0.6 is 0 Å². The Morgan fingerprint density at radius 3 is 1.89 bits per heavy atom. The first-order valence-corrected chi connectivity index (χ1v) is 9.72. The number of piperidine rings is 1. The maximum atomic E-state index is 13.3. The summed E-state index contributed by atoms with van der Waals surface area (Å²) in [7, 11) is 2.16. The molecular weight excluding hydrogens is 358 g/mol. The molecule has 2 heterocycles. The number of halogens is 2. The fourth-order valence-electron chi connectivity index (χ4n) is 4.43. The average Bonchev–Trinajstić information content (AvgIpc) is 2.89. The van der Waals surface area contributed by atoms with E-state index in [4.69, 9.17) is 0 Å². The van der Waals surface area contributed by atoms with E-state index in [0.29, 0.717) is 12.1 Å². The molecule has 5 heteroatoms. The van der Waals surface area contributed by atoms with Crippen molar-refractivity contribution < 1.29 is 13.6 Å². The van der Waals surface area contributed by atoms with Crippen LogP contribution in [0.5, 0.6) is 0 Å². The molecule has 0 radical (unpaired) electrons. The van der Waals surface area contributed by atoms with Crippen LogP contribution < -0.4 is 5.32 Å². The first kappa shape index (κ1) is 18.8. The molecule has 1 amide bonds. The summed E-state index contributed by atoms with van der Waals surface area (Å²) < 4.78 is 26.7. The number of hydrogen-bond acceptors (Lipinski definition) is 2. The number of hydrogen-bond donors (Lipinski definition) is 1. The number of fused-ring (bicyclic) bond motifs is 2. The topological polar surface area (TPSA) is 32.3 Å².